The molecule has 1 aromatic carbocycles. The van der Waals surface area contributed by atoms with E-state index in [0.717, 1.165) is 11.3 Å². The third-order valence-corrected chi connectivity index (χ3v) is 2.28. The molecule has 4 heteroatoms. The molecule has 4 nitrogen and oxygen atoms in total. The van der Waals surface area contributed by atoms with Crippen LogP contribution in [0.4, 0.5) is 5.69 Å². The molecule has 1 N–H and O–H groups in total. The summed E-state index contributed by atoms with van der Waals surface area (Å²) in [6.45, 7) is 3.73. The van der Waals surface area contributed by atoms with E-state index in [1.807, 2.05) is 31.2 Å². The molecular weight excluding hydrogens is 214 g/mol. The molecule has 0 unspecified atom stereocenters. The highest BCUT2D eigenvalue weighted by molar-refractivity contribution is 6.02. The van der Waals surface area contributed by atoms with E-state index in [9.17, 15) is 4.79 Å². The van der Waals surface area contributed by atoms with Crippen molar-refractivity contribution in [3.05, 3.63) is 53.6 Å². The number of benzene rings is 1. The van der Waals surface area contributed by atoms with Gasteiger partial charge < -0.3 is 5.32 Å². The summed E-state index contributed by atoms with van der Waals surface area (Å²) in [5.41, 5.74) is 2.24. The Kier molecular flexibility index (Phi) is 3.14. The summed E-state index contributed by atoms with van der Waals surface area (Å²) in [6.07, 6.45) is 1.58. The van der Waals surface area contributed by atoms with Crippen LogP contribution in [0.5, 0.6) is 0 Å². The van der Waals surface area contributed by atoms with Gasteiger partial charge in [0.25, 0.3) is 5.91 Å². The Labute approximate surface area is 99.7 Å². The van der Waals surface area contributed by atoms with Crippen LogP contribution < -0.4 is 5.32 Å². The average Bonchev–Trinajstić information content (AvgIpc) is 2.29. The van der Waals surface area contributed by atoms with Crippen molar-refractivity contribution < 1.29 is 4.79 Å². The lowest BCUT2D eigenvalue weighted by atomic mass is 10.2. The molecule has 2 aromatic rings. The van der Waals surface area contributed by atoms with E-state index in [1.165, 1.54) is 0 Å². The van der Waals surface area contributed by atoms with Crippen LogP contribution >= 0.6 is 0 Å². The fourth-order valence-electron chi connectivity index (χ4n) is 1.50. The van der Waals surface area contributed by atoms with Crippen LogP contribution in [0.25, 0.3) is 0 Å². The molecule has 1 amide bonds. The van der Waals surface area contributed by atoms with Gasteiger partial charge in [-0.1, -0.05) is 12.1 Å². The highest BCUT2D eigenvalue weighted by atomic mass is 16.1. The van der Waals surface area contributed by atoms with Gasteiger partial charge in [0.2, 0.25) is 0 Å². The zero-order valence-corrected chi connectivity index (χ0v) is 9.77. The molecule has 0 bridgehead atoms. The summed E-state index contributed by atoms with van der Waals surface area (Å²) < 4.78 is 0. The van der Waals surface area contributed by atoms with Crippen molar-refractivity contribution >= 4 is 11.6 Å². The number of anilines is 1. The molecule has 1 heterocycles. The monoisotopic (exact) mass is 227 g/mol. The fraction of sp³-hybridized carbons (Fsp3) is 0.154. The normalized spacial score (nSPS) is 10.0. The van der Waals surface area contributed by atoms with Crippen LogP contribution in [0.15, 0.2) is 36.5 Å². The van der Waals surface area contributed by atoms with Gasteiger partial charge in [-0.15, -0.1) is 0 Å². The van der Waals surface area contributed by atoms with E-state index >= 15 is 0 Å². The third kappa shape index (κ3) is 2.87. The molecule has 0 atom stereocenters. The fourth-order valence-corrected chi connectivity index (χ4v) is 1.50. The van der Waals surface area contributed by atoms with Gasteiger partial charge in [0.1, 0.15) is 11.5 Å². The van der Waals surface area contributed by atoms with Crippen LogP contribution in [0.3, 0.4) is 0 Å². The first-order chi connectivity index (χ1) is 8.15. The Morgan fingerprint density at radius 3 is 2.76 bits per heavy atom. The lowest BCUT2D eigenvalue weighted by molar-refractivity contribution is 0.102. The topological polar surface area (TPSA) is 54.9 Å². The van der Waals surface area contributed by atoms with E-state index in [2.05, 4.69) is 15.3 Å². The first-order valence-corrected chi connectivity index (χ1v) is 5.33. The molecule has 0 aliphatic rings. The van der Waals surface area contributed by atoms with Gasteiger partial charge in [-0.2, -0.15) is 0 Å². The molecule has 0 fully saturated rings. The maximum atomic E-state index is 11.9. The summed E-state index contributed by atoms with van der Waals surface area (Å²) in [5, 5.41) is 2.80. The lowest BCUT2D eigenvalue weighted by Gasteiger charge is -2.05. The minimum atomic E-state index is -0.221. The number of rotatable bonds is 2. The van der Waals surface area contributed by atoms with E-state index in [1.54, 1.807) is 19.2 Å². The summed E-state index contributed by atoms with van der Waals surface area (Å²) in [7, 11) is 0. The number of amides is 1. The Balaban J connectivity index is 2.17. The molecule has 0 aliphatic carbocycles. The second-order valence-electron chi connectivity index (χ2n) is 3.81. The van der Waals surface area contributed by atoms with E-state index in [-0.39, 0.29) is 5.91 Å². The van der Waals surface area contributed by atoms with Crippen molar-refractivity contribution in [2.24, 2.45) is 0 Å². The summed E-state index contributed by atoms with van der Waals surface area (Å²) in [6, 6.07) is 9.23. The van der Waals surface area contributed by atoms with Crippen molar-refractivity contribution in [1.82, 2.24) is 9.97 Å². The quantitative estimate of drug-likeness (QED) is 0.856. The molecule has 0 spiro atoms. The Morgan fingerprint density at radius 1 is 1.24 bits per heavy atom. The van der Waals surface area contributed by atoms with E-state index in [0.29, 0.717) is 11.5 Å². The second kappa shape index (κ2) is 4.74. The van der Waals surface area contributed by atoms with Gasteiger partial charge in [-0.05, 0) is 37.6 Å². The second-order valence-corrected chi connectivity index (χ2v) is 3.81. The van der Waals surface area contributed by atoms with E-state index in [4.69, 9.17) is 0 Å². The van der Waals surface area contributed by atoms with Crippen molar-refractivity contribution in [3.8, 4) is 0 Å². The largest absolute Gasteiger partial charge is 0.321 e. The highest BCUT2D eigenvalue weighted by Gasteiger charge is 2.07. The predicted octanol–water partition coefficient (Wildman–Crippen LogP) is 2.35. The molecule has 17 heavy (non-hydrogen) atoms. The van der Waals surface area contributed by atoms with Gasteiger partial charge in [0, 0.05) is 11.9 Å². The summed E-state index contributed by atoms with van der Waals surface area (Å²) >= 11 is 0. The molecule has 2 rings (SSSR count). The first kappa shape index (κ1) is 11.3. The Hall–Kier alpha value is -2.23. The zero-order valence-electron chi connectivity index (χ0n) is 9.77. The van der Waals surface area contributed by atoms with Crippen molar-refractivity contribution in [2.45, 2.75) is 13.8 Å². The number of nitrogens with zero attached hydrogens (tertiary/aromatic N) is 2. The van der Waals surface area contributed by atoms with Crippen molar-refractivity contribution in [3.63, 3.8) is 0 Å². The Bertz CT molecular complexity index is 552. The van der Waals surface area contributed by atoms with Crippen LogP contribution in [-0.4, -0.2) is 15.9 Å². The number of carbonyl (C=O) groups excluding carboxylic acids is 1. The molecule has 86 valence electrons. The summed E-state index contributed by atoms with van der Waals surface area (Å²) in [4.78, 5) is 19.9. The number of aryl methyl sites for hydroxylation is 2. The van der Waals surface area contributed by atoms with Gasteiger partial charge in [-0.3, -0.25) is 4.79 Å². The average molecular weight is 227 g/mol. The Morgan fingerprint density at radius 2 is 2.06 bits per heavy atom. The molecule has 0 aliphatic heterocycles. The van der Waals surface area contributed by atoms with Crippen LogP contribution in [0.2, 0.25) is 0 Å². The lowest BCUT2D eigenvalue weighted by Crippen LogP contribution is -2.14. The number of hydrogen-bond donors (Lipinski definition) is 1. The minimum Gasteiger partial charge on any atom is -0.321 e. The van der Waals surface area contributed by atoms with E-state index < -0.39 is 0 Å². The highest BCUT2D eigenvalue weighted by Crippen LogP contribution is 2.10. The molecular formula is C13H13N3O. The smallest absolute Gasteiger partial charge is 0.274 e. The van der Waals surface area contributed by atoms with Gasteiger partial charge >= 0.3 is 0 Å². The minimum absolute atomic E-state index is 0.221. The van der Waals surface area contributed by atoms with Crippen molar-refractivity contribution in [2.75, 3.05) is 5.32 Å². The molecule has 0 saturated carbocycles. The number of hydrogen-bond acceptors (Lipinski definition) is 3. The van der Waals surface area contributed by atoms with Gasteiger partial charge in [-0.25, -0.2) is 9.97 Å². The number of nitrogens with one attached hydrogen (secondary N) is 1. The summed E-state index contributed by atoms with van der Waals surface area (Å²) in [5.74, 6) is 0.364. The van der Waals surface area contributed by atoms with Gasteiger partial charge in [0.05, 0.1) is 0 Å². The molecule has 1 aromatic heterocycles. The van der Waals surface area contributed by atoms with Crippen LogP contribution in [0, 0.1) is 13.8 Å². The van der Waals surface area contributed by atoms with Crippen LogP contribution in [-0.2, 0) is 0 Å². The number of carbonyl (C=O) groups is 1. The van der Waals surface area contributed by atoms with Crippen molar-refractivity contribution in [1.29, 1.82) is 0 Å². The number of aromatic nitrogens is 2. The maximum Gasteiger partial charge on any atom is 0.274 e. The predicted molar refractivity (Wildman–Crippen MR) is 65.9 cm³/mol. The SMILES string of the molecule is Cc1cccc(NC(=O)c2ccnc(C)n2)c1. The van der Waals surface area contributed by atoms with Crippen LogP contribution in [0.1, 0.15) is 21.9 Å². The maximum absolute atomic E-state index is 11.9. The third-order valence-electron chi connectivity index (χ3n) is 2.28. The standard InChI is InChI=1S/C13H13N3O/c1-9-4-3-5-11(8-9)16-13(17)12-6-7-14-10(2)15-12/h3-8H,1-2H3,(H,16,17). The molecule has 0 saturated heterocycles. The zero-order chi connectivity index (χ0) is 12.3. The van der Waals surface area contributed by atoms with Gasteiger partial charge in [0.15, 0.2) is 0 Å². The molecule has 0 radical (unpaired) electrons. The first-order valence-electron chi connectivity index (χ1n) is 5.33.